The van der Waals surface area contributed by atoms with Crippen LogP contribution in [0.5, 0.6) is 0 Å². The standard InChI is InChI=1S/C11H13N3O3S/c15-6-2-1-5-14-10(8-4-3-7-18-8)9(11(16)17)12-13-14/h3-4,7,15H,1-2,5-6H2,(H,16,17). The number of carboxylic acids is 1. The number of hydrogen-bond donors (Lipinski definition) is 2. The van der Waals surface area contributed by atoms with E-state index in [1.54, 1.807) is 4.68 Å². The number of aryl methyl sites for hydroxylation is 1. The van der Waals surface area contributed by atoms with E-state index in [1.807, 2.05) is 17.5 Å². The summed E-state index contributed by atoms with van der Waals surface area (Å²) in [6.45, 7) is 0.670. The number of thiophene rings is 1. The summed E-state index contributed by atoms with van der Waals surface area (Å²) in [4.78, 5) is 11.9. The zero-order chi connectivity index (χ0) is 13.0. The lowest BCUT2D eigenvalue weighted by molar-refractivity contribution is 0.0691. The molecule has 0 atom stereocenters. The van der Waals surface area contributed by atoms with Crippen LogP contribution in [-0.4, -0.2) is 37.8 Å². The van der Waals surface area contributed by atoms with Crippen molar-refractivity contribution in [3.63, 3.8) is 0 Å². The highest BCUT2D eigenvalue weighted by Gasteiger charge is 2.20. The number of aromatic carboxylic acids is 1. The number of aliphatic hydroxyl groups is 1. The average molecular weight is 267 g/mol. The summed E-state index contributed by atoms with van der Waals surface area (Å²) in [6, 6.07) is 3.70. The van der Waals surface area contributed by atoms with Crippen molar-refractivity contribution in [3.05, 3.63) is 23.2 Å². The highest BCUT2D eigenvalue weighted by Crippen LogP contribution is 2.27. The Kier molecular flexibility index (Phi) is 4.06. The zero-order valence-electron chi connectivity index (χ0n) is 9.61. The molecule has 0 unspecified atom stereocenters. The first-order valence-electron chi connectivity index (χ1n) is 5.55. The third-order valence-electron chi connectivity index (χ3n) is 2.47. The van der Waals surface area contributed by atoms with Gasteiger partial charge in [-0.05, 0) is 24.3 Å². The largest absolute Gasteiger partial charge is 0.476 e. The van der Waals surface area contributed by atoms with Gasteiger partial charge in [-0.3, -0.25) is 0 Å². The molecule has 7 heteroatoms. The number of carboxylic acid groups (broad SMARTS) is 1. The van der Waals surface area contributed by atoms with E-state index in [-0.39, 0.29) is 12.3 Å². The minimum absolute atomic E-state index is 0.0264. The summed E-state index contributed by atoms with van der Waals surface area (Å²) in [7, 11) is 0. The van der Waals surface area contributed by atoms with Gasteiger partial charge in [0.2, 0.25) is 0 Å². The molecule has 0 aliphatic rings. The van der Waals surface area contributed by atoms with Crippen molar-refractivity contribution in [3.8, 4) is 10.6 Å². The fourth-order valence-corrected chi connectivity index (χ4v) is 2.42. The van der Waals surface area contributed by atoms with E-state index in [9.17, 15) is 4.79 Å². The third kappa shape index (κ3) is 2.57. The van der Waals surface area contributed by atoms with Gasteiger partial charge in [-0.2, -0.15) is 0 Å². The van der Waals surface area contributed by atoms with Crippen molar-refractivity contribution in [2.75, 3.05) is 6.61 Å². The van der Waals surface area contributed by atoms with Crippen LogP contribution in [-0.2, 0) is 6.54 Å². The summed E-state index contributed by atoms with van der Waals surface area (Å²) in [6.07, 6.45) is 1.39. The Morgan fingerprint density at radius 2 is 2.28 bits per heavy atom. The van der Waals surface area contributed by atoms with Gasteiger partial charge in [0, 0.05) is 13.2 Å². The molecular weight excluding hydrogens is 254 g/mol. The maximum absolute atomic E-state index is 11.1. The van der Waals surface area contributed by atoms with Gasteiger partial charge in [0.05, 0.1) is 4.88 Å². The van der Waals surface area contributed by atoms with Gasteiger partial charge in [-0.25, -0.2) is 9.48 Å². The van der Waals surface area contributed by atoms with Crippen molar-refractivity contribution >= 4 is 17.3 Å². The first kappa shape index (κ1) is 12.7. The second kappa shape index (κ2) is 5.74. The highest BCUT2D eigenvalue weighted by molar-refractivity contribution is 7.13. The molecule has 2 aromatic rings. The second-order valence-corrected chi connectivity index (χ2v) is 4.67. The number of rotatable bonds is 6. The molecule has 18 heavy (non-hydrogen) atoms. The summed E-state index contributed by atoms with van der Waals surface area (Å²) in [5, 5.41) is 27.3. The minimum Gasteiger partial charge on any atom is -0.476 e. The van der Waals surface area contributed by atoms with Crippen LogP contribution in [0, 0.1) is 0 Å². The Hall–Kier alpha value is -1.73. The van der Waals surface area contributed by atoms with Crippen molar-refractivity contribution in [1.29, 1.82) is 0 Å². The Labute approximate surface area is 107 Å². The van der Waals surface area contributed by atoms with Crippen LogP contribution in [0.2, 0.25) is 0 Å². The Morgan fingerprint density at radius 1 is 1.44 bits per heavy atom. The first-order valence-corrected chi connectivity index (χ1v) is 6.43. The van der Waals surface area contributed by atoms with Crippen LogP contribution in [0.3, 0.4) is 0 Å². The monoisotopic (exact) mass is 267 g/mol. The SMILES string of the molecule is O=C(O)c1nnn(CCCCO)c1-c1cccs1. The topological polar surface area (TPSA) is 88.2 Å². The van der Waals surface area contributed by atoms with Crippen LogP contribution in [0.1, 0.15) is 23.3 Å². The average Bonchev–Trinajstić information content (AvgIpc) is 2.96. The van der Waals surface area contributed by atoms with E-state index < -0.39 is 5.97 Å². The Morgan fingerprint density at radius 3 is 2.89 bits per heavy atom. The number of carbonyl (C=O) groups is 1. The maximum atomic E-state index is 11.1. The van der Waals surface area contributed by atoms with E-state index in [0.29, 0.717) is 18.7 Å². The van der Waals surface area contributed by atoms with Crippen LogP contribution in [0.25, 0.3) is 10.6 Å². The molecule has 2 N–H and O–H groups in total. The molecule has 0 saturated heterocycles. The van der Waals surface area contributed by atoms with E-state index >= 15 is 0 Å². The lowest BCUT2D eigenvalue weighted by Crippen LogP contribution is -2.05. The lowest BCUT2D eigenvalue weighted by Gasteiger charge is -2.04. The van der Waals surface area contributed by atoms with Gasteiger partial charge >= 0.3 is 5.97 Å². The molecule has 2 aromatic heterocycles. The maximum Gasteiger partial charge on any atom is 0.358 e. The number of nitrogens with zero attached hydrogens (tertiary/aromatic N) is 3. The quantitative estimate of drug-likeness (QED) is 0.774. The summed E-state index contributed by atoms with van der Waals surface area (Å²) in [5.41, 5.74) is 0.511. The van der Waals surface area contributed by atoms with Gasteiger partial charge in [0.1, 0.15) is 5.69 Å². The van der Waals surface area contributed by atoms with E-state index in [4.69, 9.17) is 10.2 Å². The van der Waals surface area contributed by atoms with Crippen molar-refractivity contribution in [1.82, 2.24) is 15.0 Å². The molecular formula is C11H13N3O3S. The molecule has 6 nitrogen and oxygen atoms in total. The highest BCUT2D eigenvalue weighted by atomic mass is 32.1. The van der Waals surface area contributed by atoms with Gasteiger partial charge in [0.15, 0.2) is 5.69 Å². The van der Waals surface area contributed by atoms with Crippen molar-refractivity contribution in [2.24, 2.45) is 0 Å². The minimum atomic E-state index is -1.08. The fraction of sp³-hybridized carbons (Fsp3) is 0.364. The molecule has 0 aliphatic carbocycles. The molecule has 0 radical (unpaired) electrons. The van der Waals surface area contributed by atoms with Crippen molar-refractivity contribution in [2.45, 2.75) is 19.4 Å². The molecule has 2 rings (SSSR count). The van der Waals surface area contributed by atoms with E-state index in [1.165, 1.54) is 11.3 Å². The molecule has 0 fully saturated rings. The molecule has 0 aromatic carbocycles. The van der Waals surface area contributed by atoms with Gasteiger partial charge in [-0.1, -0.05) is 11.3 Å². The Balaban J connectivity index is 2.32. The molecule has 0 saturated carbocycles. The van der Waals surface area contributed by atoms with Crippen LogP contribution in [0.4, 0.5) is 0 Å². The van der Waals surface area contributed by atoms with Gasteiger partial charge in [-0.15, -0.1) is 16.4 Å². The number of unbranched alkanes of at least 4 members (excludes halogenated alkanes) is 1. The second-order valence-electron chi connectivity index (χ2n) is 3.72. The third-order valence-corrected chi connectivity index (χ3v) is 3.35. The Bertz CT molecular complexity index is 522. The fourth-order valence-electron chi connectivity index (χ4n) is 1.64. The zero-order valence-corrected chi connectivity index (χ0v) is 10.4. The molecule has 0 aliphatic heterocycles. The number of aromatic nitrogens is 3. The first-order chi connectivity index (χ1) is 8.74. The molecule has 0 bridgehead atoms. The number of aliphatic hydroxyl groups excluding tert-OH is 1. The molecule has 0 spiro atoms. The van der Waals surface area contributed by atoms with Crippen LogP contribution >= 0.6 is 11.3 Å². The summed E-state index contributed by atoms with van der Waals surface area (Å²) < 4.78 is 1.59. The normalized spacial score (nSPS) is 10.7. The number of hydrogen-bond acceptors (Lipinski definition) is 5. The van der Waals surface area contributed by atoms with Crippen molar-refractivity contribution < 1.29 is 15.0 Å². The summed E-state index contributed by atoms with van der Waals surface area (Å²) in [5.74, 6) is -1.08. The van der Waals surface area contributed by atoms with E-state index in [0.717, 1.165) is 11.3 Å². The summed E-state index contributed by atoms with van der Waals surface area (Å²) >= 11 is 1.45. The van der Waals surface area contributed by atoms with Gasteiger partial charge in [0.25, 0.3) is 0 Å². The van der Waals surface area contributed by atoms with E-state index in [2.05, 4.69) is 10.3 Å². The van der Waals surface area contributed by atoms with Crippen LogP contribution in [0.15, 0.2) is 17.5 Å². The molecule has 96 valence electrons. The molecule has 0 amide bonds. The predicted octanol–water partition coefficient (Wildman–Crippen LogP) is 1.48. The molecule has 2 heterocycles. The predicted molar refractivity (Wildman–Crippen MR) is 66.6 cm³/mol. The lowest BCUT2D eigenvalue weighted by atomic mass is 10.2. The smallest absolute Gasteiger partial charge is 0.358 e. The van der Waals surface area contributed by atoms with Crippen LogP contribution < -0.4 is 0 Å². The van der Waals surface area contributed by atoms with Gasteiger partial charge < -0.3 is 10.2 Å².